The van der Waals surface area contributed by atoms with Crippen LogP contribution in [0.5, 0.6) is 0 Å². The largest absolute Gasteiger partial charge is 0.481 e. The number of amides is 1. The number of carboxylic acids is 1. The lowest BCUT2D eigenvalue weighted by atomic mass is 10.2. The minimum Gasteiger partial charge on any atom is -0.481 e. The van der Waals surface area contributed by atoms with Gasteiger partial charge in [0.25, 0.3) is 0 Å². The lowest BCUT2D eigenvalue weighted by Crippen LogP contribution is -2.12. The quantitative estimate of drug-likeness (QED) is 0.671. The van der Waals surface area contributed by atoms with Gasteiger partial charge in [-0.15, -0.1) is 11.3 Å². The lowest BCUT2D eigenvalue weighted by molar-refractivity contribution is -0.136. The monoisotopic (exact) mass is 349 g/mol. The predicted molar refractivity (Wildman–Crippen MR) is 96.1 cm³/mol. The molecule has 0 saturated carbocycles. The van der Waals surface area contributed by atoms with Gasteiger partial charge in [0, 0.05) is 28.5 Å². The van der Waals surface area contributed by atoms with Gasteiger partial charge < -0.3 is 10.4 Å². The smallest absolute Gasteiger partial charge is 0.304 e. The van der Waals surface area contributed by atoms with Crippen LogP contribution < -0.4 is 5.32 Å². The van der Waals surface area contributed by atoms with E-state index < -0.39 is 5.97 Å². The number of thiophene rings is 1. The van der Waals surface area contributed by atoms with E-state index in [1.807, 2.05) is 41.8 Å². The highest BCUT2D eigenvalue weighted by Gasteiger charge is 2.05. The number of aliphatic carboxylic acids is 1. The fraction of sp³-hybridized carbons (Fsp3) is 0.294. The van der Waals surface area contributed by atoms with Gasteiger partial charge in [-0.1, -0.05) is 18.2 Å². The Kier molecular flexibility index (Phi) is 7.16. The zero-order valence-electron chi connectivity index (χ0n) is 12.7. The van der Waals surface area contributed by atoms with Crippen molar-refractivity contribution in [3.63, 3.8) is 0 Å². The zero-order valence-corrected chi connectivity index (χ0v) is 14.3. The van der Waals surface area contributed by atoms with Crippen molar-refractivity contribution < 1.29 is 14.7 Å². The van der Waals surface area contributed by atoms with Crippen LogP contribution in [0.1, 0.15) is 23.3 Å². The van der Waals surface area contributed by atoms with Gasteiger partial charge in [0.2, 0.25) is 5.91 Å². The summed E-state index contributed by atoms with van der Waals surface area (Å²) in [7, 11) is 0. The molecule has 2 rings (SSSR count). The molecular weight excluding hydrogens is 330 g/mol. The van der Waals surface area contributed by atoms with Crippen LogP contribution in [-0.2, 0) is 21.8 Å². The van der Waals surface area contributed by atoms with E-state index in [9.17, 15) is 9.59 Å². The van der Waals surface area contributed by atoms with Crippen LogP contribution in [0.2, 0.25) is 0 Å². The number of nitrogens with one attached hydrogen (secondary N) is 1. The maximum atomic E-state index is 12.0. The molecule has 2 N–H and O–H groups in total. The minimum atomic E-state index is -0.774. The molecule has 0 spiro atoms. The third-order valence-electron chi connectivity index (χ3n) is 3.12. The summed E-state index contributed by atoms with van der Waals surface area (Å²) in [6, 6.07) is 11.7. The van der Waals surface area contributed by atoms with Crippen LogP contribution >= 0.6 is 23.1 Å². The summed E-state index contributed by atoms with van der Waals surface area (Å²) in [5, 5.41) is 13.5. The number of carboxylic acid groups (broad SMARTS) is 1. The van der Waals surface area contributed by atoms with Crippen molar-refractivity contribution in [3.05, 3.63) is 52.2 Å². The number of thioether (sulfide) groups is 1. The molecule has 0 aliphatic rings. The summed E-state index contributed by atoms with van der Waals surface area (Å²) in [5.74, 6) is 0.567. The average Bonchev–Trinajstić information content (AvgIpc) is 3.03. The molecule has 1 aromatic heterocycles. The fourth-order valence-electron chi connectivity index (χ4n) is 2.00. The molecule has 0 saturated heterocycles. The van der Waals surface area contributed by atoms with Gasteiger partial charge in [0.05, 0.1) is 6.42 Å². The molecule has 122 valence electrons. The molecule has 0 atom stereocenters. The van der Waals surface area contributed by atoms with Crippen molar-refractivity contribution in [2.24, 2.45) is 0 Å². The number of rotatable bonds is 9. The predicted octanol–water partition coefficient (Wildman–Crippen LogP) is 4.03. The van der Waals surface area contributed by atoms with Crippen molar-refractivity contribution >= 4 is 40.7 Å². The Labute approximate surface area is 143 Å². The molecule has 0 fully saturated rings. The van der Waals surface area contributed by atoms with Crippen LogP contribution in [-0.4, -0.2) is 22.7 Å². The van der Waals surface area contributed by atoms with E-state index in [-0.39, 0.29) is 12.3 Å². The Morgan fingerprint density at radius 3 is 2.78 bits per heavy atom. The third kappa shape index (κ3) is 6.88. The minimum absolute atomic E-state index is 0.00841. The van der Waals surface area contributed by atoms with E-state index in [1.165, 1.54) is 4.88 Å². The summed E-state index contributed by atoms with van der Waals surface area (Å²) < 4.78 is 0. The van der Waals surface area contributed by atoms with Gasteiger partial charge in [0.1, 0.15) is 0 Å². The summed E-state index contributed by atoms with van der Waals surface area (Å²) in [6.45, 7) is 0. The van der Waals surface area contributed by atoms with Gasteiger partial charge in [0.15, 0.2) is 0 Å². The SMILES string of the molecule is O=C(O)CCSCc1cccc(NC(=O)CCc2cccs2)c1. The first-order valence-corrected chi connectivity index (χ1v) is 9.37. The van der Waals surface area contributed by atoms with E-state index in [4.69, 9.17) is 5.11 Å². The Morgan fingerprint density at radius 2 is 2.04 bits per heavy atom. The normalized spacial score (nSPS) is 10.4. The van der Waals surface area contributed by atoms with Crippen LogP contribution in [0.15, 0.2) is 41.8 Å². The topological polar surface area (TPSA) is 66.4 Å². The number of benzene rings is 1. The Bertz CT molecular complexity index is 641. The van der Waals surface area contributed by atoms with E-state index in [0.29, 0.717) is 12.2 Å². The first-order valence-electron chi connectivity index (χ1n) is 7.34. The second kappa shape index (κ2) is 9.37. The molecule has 0 aliphatic carbocycles. The summed E-state index contributed by atoms with van der Waals surface area (Å²) in [5.41, 5.74) is 1.87. The van der Waals surface area contributed by atoms with Crippen molar-refractivity contribution in [1.82, 2.24) is 0 Å². The van der Waals surface area contributed by atoms with Gasteiger partial charge in [-0.25, -0.2) is 0 Å². The first-order chi connectivity index (χ1) is 11.1. The van der Waals surface area contributed by atoms with Crippen molar-refractivity contribution in [2.45, 2.75) is 25.0 Å². The molecule has 0 aliphatic heterocycles. The van der Waals surface area contributed by atoms with Crippen LogP contribution in [0.25, 0.3) is 0 Å². The summed E-state index contributed by atoms with van der Waals surface area (Å²) in [4.78, 5) is 23.7. The van der Waals surface area contributed by atoms with Crippen LogP contribution in [0.3, 0.4) is 0 Å². The summed E-state index contributed by atoms with van der Waals surface area (Å²) >= 11 is 3.24. The average molecular weight is 349 g/mol. The maximum absolute atomic E-state index is 12.0. The molecule has 2 aromatic rings. The van der Waals surface area contributed by atoms with Crippen LogP contribution in [0, 0.1) is 0 Å². The Balaban J connectivity index is 1.77. The fourth-order valence-corrected chi connectivity index (χ4v) is 3.59. The van der Waals surface area contributed by atoms with Gasteiger partial charge in [-0.2, -0.15) is 11.8 Å². The second-order valence-corrected chi connectivity index (χ2v) is 7.16. The number of aryl methyl sites for hydroxylation is 1. The van der Waals surface area contributed by atoms with Gasteiger partial charge >= 0.3 is 5.97 Å². The number of hydrogen-bond donors (Lipinski definition) is 2. The Hall–Kier alpha value is -1.79. The van der Waals surface area contributed by atoms with E-state index >= 15 is 0 Å². The number of anilines is 1. The summed E-state index contributed by atoms with van der Waals surface area (Å²) in [6.07, 6.45) is 1.40. The molecule has 0 bridgehead atoms. The van der Waals surface area contributed by atoms with Gasteiger partial charge in [-0.05, 0) is 35.6 Å². The molecule has 6 heteroatoms. The van der Waals surface area contributed by atoms with E-state index in [1.54, 1.807) is 23.1 Å². The molecule has 1 aromatic carbocycles. The van der Waals surface area contributed by atoms with Crippen molar-refractivity contribution in [2.75, 3.05) is 11.1 Å². The Morgan fingerprint density at radius 1 is 1.17 bits per heavy atom. The van der Waals surface area contributed by atoms with E-state index in [2.05, 4.69) is 5.32 Å². The highest BCUT2D eigenvalue weighted by atomic mass is 32.2. The third-order valence-corrected chi connectivity index (χ3v) is 5.08. The zero-order chi connectivity index (χ0) is 16.5. The number of carbonyl (C=O) groups excluding carboxylic acids is 1. The number of hydrogen-bond acceptors (Lipinski definition) is 4. The standard InChI is InChI=1S/C17H19NO3S2/c19-16(7-6-15-5-2-9-23-15)18-14-4-1-3-13(11-14)12-22-10-8-17(20)21/h1-5,9,11H,6-8,10,12H2,(H,18,19)(H,20,21). The lowest BCUT2D eigenvalue weighted by Gasteiger charge is -2.07. The highest BCUT2D eigenvalue weighted by Crippen LogP contribution is 2.18. The molecule has 1 amide bonds. The second-order valence-electron chi connectivity index (χ2n) is 5.02. The van der Waals surface area contributed by atoms with E-state index in [0.717, 1.165) is 23.4 Å². The van der Waals surface area contributed by atoms with Crippen molar-refractivity contribution in [1.29, 1.82) is 0 Å². The van der Waals surface area contributed by atoms with Crippen LogP contribution in [0.4, 0.5) is 5.69 Å². The molecule has 4 nitrogen and oxygen atoms in total. The molecule has 23 heavy (non-hydrogen) atoms. The molecule has 0 radical (unpaired) electrons. The molecule has 0 unspecified atom stereocenters. The van der Waals surface area contributed by atoms with Gasteiger partial charge in [-0.3, -0.25) is 9.59 Å². The first kappa shape index (κ1) is 17.6. The van der Waals surface area contributed by atoms with Crippen molar-refractivity contribution in [3.8, 4) is 0 Å². The molecular formula is C17H19NO3S2. The number of carbonyl (C=O) groups is 2. The highest BCUT2D eigenvalue weighted by molar-refractivity contribution is 7.98. The molecule has 1 heterocycles. The maximum Gasteiger partial charge on any atom is 0.304 e.